The molecule has 0 unspecified atom stereocenters. The first-order valence-electron chi connectivity index (χ1n) is 9.03. The van der Waals surface area contributed by atoms with Crippen LogP contribution in [0.5, 0.6) is 0 Å². The van der Waals surface area contributed by atoms with E-state index in [1.165, 1.54) is 17.8 Å². The van der Waals surface area contributed by atoms with Crippen molar-refractivity contribution in [2.75, 3.05) is 11.9 Å². The molecule has 146 valence electrons. The topological polar surface area (TPSA) is 95.2 Å². The van der Waals surface area contributed by atoms with Gasteiger partial charge in [0.2, 0.25) is 0 Å². The number of aromatic nitrogens is 3. The zero-order valence-corrected chi connectivity index (χ0v) is 16.1. The quantitative estimate of drug-likeness (QED) is 0.519. The average Bonchev–Trinajstić information content (AvgIpc) is 2.71. The minimum Gasteiger partial charge on any atom is -0.462 e. The minimum atomic E-state index is -0.437. The van der Waals surface area contributed by atoms with Gasteiger partial charge in [0.05, 0.1) is 17.9 Å². The molecule has 2 heterocycles. The molecule has 3 aromatic rings. The Labute approximate surface area is 161 Å². The monoisotopic (exact) mass is 382 g/mol. The highest BCUT2D eigenvalue weighted by Crippen LogP contribution is 2.22. The first-order chi connectivity index (χ1) is 13.4. The standard InChI is InChI=1S/C20H22N4O4/c1-4-5-12-28-19(26)13-6-8-14(9-7-13)22-15-10-11-21-17-16(15)18(25)24(3)20(27)23(17)2/h6-11H,4-5,12H2,1-3H3,(H,21,22). The Morgan fingerprint density at radius 3 is 2.50 bits per heavy atom. The van der Waals surface area contributed by atoms with Gasteiger partial charge in [0.1, 0.15) is 5.39 Å². The molecule has 8 heteroatoms. The minimum absolute atomic E-state index is 0.300. The van der Waals surface area contributed by atoms with Crippen LogP contribution in [0.2, 0.25) is 0 Å². The molecule has 0 spiro atoms. The van der Waals surface area contributed by atoms with Crippen molar-refractivity contribution in [3.8, 4) is 0 Å². The maximum Gasteiger partial charge on any atom is 0.338 e. The van der Waals surface area contributed by atoms with E-state index in [-0.39, 0.29) is 5.97 Å². The molecule has 1 aromatic carbocycles. The van der Waals surface area contributed by atoms with E-state index in [0.29, 0.717) is 34.6 Å². The highest BCUT2D eigenvalue weighted by Gasteiger charge is 2.14. The lowest BCUT2D eigenvalue weighted by Gasteiger charge is -2.12. The number of aryl methyl sites for hydroxylation is 1. The number of unbranched alkanes of at least 4 members (excludes halogenated alkanes) is 1. The molecule has 0 saturated carbocycles. The Morgan fingerprint density at radius 1 is 1.11 bits per heavy atom. The largest absolute Gasteiger partial charge is 0.462 e. The average molecular weight is 382 g/mol. The Morgan fingerprint density at radius 2 is 1.82 bits per heavy atom. The maximum absolute atomic E-state index is 12.6. The number of hydrogen-bond acceptors (Lipinski definition) is 6. The summed E-state index contributed by atoms with van der Waals surface area (Å²) < 4.78 is 7.57. The molecular weight excluding hydrogens is 360 g/mol. The first kappa shape index (κ1) is 19.3. The van der Waals surface area contributed by atoms with Gasteiger partial charge in [0.15, 0.2) is 5.65 Å². The van der Waals surface area contributed by atoms with Gasteiger partial charge in [0, 0.05) is 26.0 Å². The van der Waals surface area contributed by atoms with Crippen LogP contribution in [0, 0.1) is 0 Å². The van der Waals surface area contributed by atoms with Crippen molar-refractivity contribution in [1.29, 1.82) is 0 Å². The van der Waals surface area contributed by atoms with Crippen LogP contribution in [0.15, 0.2) is 46.1 Å². The number of benzene rings is 1. The van der Waals surface area contributed by atoms with Crippen LogP contribution >= 0.6 is 0 Å². The van der Waals surface area contributed by atoms with Crippen molar-refractivity contribution < 1.29 is 9.53 Å². The van der Waals surface area contributed by atoms with E-state index < -0.39 is 11.2 Å². The summed E-state index contributed by atoms with van der Waals surface area (Å²) in [5, 5.41) is 3.47. The van der Waals surface area contributed by atoms with Crippen LogP contribution in [0.4, 0.5) is 11.4 Å². The summed E-state index contributed by atoms with van der Waals surface area (Å²) in [6, 6.07) is 8.45. The van der Waals surface area contributed by atoms with Crippen LogP contribution in [-0.4, -0.2) is 26.7 Å². The highest BCUT2D eigenvalue weighted by molar-refractivity contribution is 5.92. The summed E-state index contributed by atoms with van der Waals surface area (Å²) in [7, 11) is 3.00. The van der Waals surface area contributed by atoms with E-state index in [4.69, 9.17) is 4.74 Å². The number of hydrogen-bond donors (Lipinski definition) is 1. The van der Waals surface area contributed by atoms with Gasteiger partial charge in [-0.1, -0.05) is 13.3 Å². The number of esters is 1. The molecule has 0 fully saturated rings. The van der Waals surface area contributed by atoms with Crippen LogP contribution in [0.25, 0.3) is 11.0 Å². The van der Waals surface area contributed by atoms with Gasteiger partial charge in [-0.3, -0.25) is 13.9 Å². The molecule has 0 amide bonds. The predicted octanol–water partition coefficient (Wildman–Crippen LogP) is 2.33. The molecule has 0 radical (unpaired) electrons. The number of nitrogens with one attached hydrogen (secondary N) is 1. The molecule has 28 heavy (non-hydrogen) atoms. The lowest BCUT2D eigenvalue weighted by atomic mass is 10.2. The van der Waals surface area contributed by atoms with Crippen molar-refractivity contribution in [1.82, 2.24) is 14.1 Å². The predicted molar refractivity (Wildman–Crippen MR) is 107 cm³/mol. The number of fused-ring (bicyclic) bond motifs is 1. The lowest BCUT2D eigenvalue weighted by molar-refractivity contribution is 0.0500. The number of rotatable bonds is 6. The SMILES string of the molecule is CCCCOC(=O)c1ccc(Nc2ccnc3c2c(=O)n(C)c(=O)n3C)cc1. The second-order valence-electron chi connectivity index (χ2n) is 6.45. The van der Waals surface area contributed by atoms with Gasteiger partial charge in [-0.05, 0) is 36.8 Å². The van der Waals surface area contributed by atoms with Crippen LogP contribution in [0.1, 0.15) is 30.1 Å². The second kappa shape index (κ2) is 8.08. The van der Waals surface area contributed by atoms with Crippen molar-refractivity contribution >= 4 is 28.4 Å². The van der Waals surface area contributed by atoms with Crippen molar-refractivity contribution in [3.05, 3.63) is 62.9 Å². The van der Waals surface area contributed by atoms with Gasteiger partial charge in [-0.15, -0.1) is 0 Å². The molecular formula is C20H22N4O4. The van der Waals surface area contributed by atoms with E-state index >= 15 is 0 Å². The Bertz CT molecular complexity index is 1130. The van der Waals surface area contributed by atoms with E-state index in [1.54, 1.807) is 37.4 Å². The normalized spacial score (nSPS) is 10.8. The molecule has 0 saturated heterocycles. The number of nitrogens with zero attached hydrogens (tertiary/aromatic N) is 3. The zero-order valence-electron chi connectivity index (χ0n) is 16.1. The summed E-state index contributed by atoms with van der Waals surface area (Å²) in [6.45, 7) is 2.43. The third kappa shape index (κ3) is 3.66. The Balaban J connectivity index is 1.90. The molecule has 0 bridgehead atoms. The molecule has 3 rings (SSSR count). The molecule has 8 nitrogen and oxygen atoms in total. The highest BCUT2D eigenvalue weighted by atomic mass is 16.5. The fraction of sp³-hybridized carbons (Fsp3) is 0.300. The van der Waals surface area contributed by atoms with Crippen molar-refractivity contribution in [3.63, 3.8) is 0 Å². The molecule has 0 aliphatic heterocycles. The van der Waals surface area contributed by atoms with Gasteiger partial charge in [0.25, 0.3) is 5.56 Å². The van der Waals surface area contributed by atoms with Crippen molar-refractivity contribution in [2.45, 2.75) is 19.8 Å². The van der Waals surface area contributed by atoms with E-state index in [0.717, 1.165) is 17.4 Å². The summed E-state index contributed by atoms with van der Waals surface area (Å²) in [4.78, 5) is 40.8. The van der Waals surface area contributed by atoms with Gasteiger partial charge in [-0.25, -0.2) is 14.6 Å². The number of ether oxygens (including phenoxy) is 1. The van der Waals surface area contributed by atoms with Gasteiger partial charge >= 0.3 is 11.7 Å². The third-order valence-electron chi connectivity index (χ3n) is 4.47. The summed E-state index contributed by atoms with van der Waals surface area (Å²) in [5.41, 5.74) is 1.11. The Kier molecular flexibility index (Phi) is 5.58. The van der Waals surface area contributed by atoms with Crippen molar-refractivity contribution in [2.24, 2.45) is 14.1 Å². The molecule has 0 aliphatic carbocycles. The molecule has 2 aromatic heterocycles. The smallest absolute Gasteiger partial charge is 0.338 e. The molecule has 0 aliphatic rings. The fourth-order valence-electron chi connectivity index (χ4n) is 2.83. The number of pyridine rings is 1. The van der Waals surface area contributed by atoms with Gasteiger partial charge in [-0.2, -0.15) is 0 Å². The maximum atomic E-state index is 12.6. The van der Waals surface area contributed by atoms with E-state index in [1.807, 2.05) is 6.92 Å². The molecule has 0 atom stereocenters. The summed E-state index contributed by atoms with van der Waals surface area (Å²) in [5.74, 6) is -0.363. The number of anilines is 2. The third-order valence-corrected chi connectivity index (χ3v) is 4.47. The van der Waals surface area contributed by atoms with Crippen LogP contribution in [0.3, 0.4) is 0 Å². The molecule has 1 N–H and O–H groups in total. The summed E-state index contributed by atoms with van der Waals surface area (Å²) in [6.07, 6.45) is 3.32. The lowest BCUT2D eigenvalue weighted by Crippen LogP contribution is -2.37. The number of carbonyl (C=O) groups is 1. The van der Waals surface area contributed by atoms with Gasteiger partial charge < -0.3 is 10.1 Å². The summed E-state index contributed by atoms with van der Waals surface area (Å²) >= 11 is 0. The second-order valence-corrected chi connectivity index (χ2v) is 6.45. The number of carbonyl (C=O) groups excluding carboxylic acids is 1. The zero-order chi connectivity index (χ0) is 20.3. The fourth-order valence-corrected chi connectivity index (χ4v) is 2.83. The van der Waals surface area contributed by atoms with E-state index in [9.17, 15) is 14.4 Å². The van der Waals surface area contributed by atoms with Crippen LogP contribution in [-0.2, 0) is 18.8 Å². The first-order valence-corrected chi connectivity index (χ1v) is 9.03. The van der Waals surface area contributed by atoms with E-state index in [2.05, 4.69) is 10.3 Å². The van der Waals surface area contributed by atoms with Crippen LogP contribution < -0.4 is 16.6 Å². The Hall–Kier alpha value is -3.42.